The molecule has 1 atom stereocenters. The van der Waals surface area contributed by atoms with Crippen LogP contribution in [0.25, 0.3) is 0 Å². The average molecular weight is 283 g/mol. The molecule has 0 amide bonds. The first-order valence-corrected chi connectivity index (χ1v) is 5.07. The van der Waals surface area contributed by atoms with Crippen molar-refractivity contribution in [2.75, 3.05) is 5.73 Å². The maximum Gasteiger partial charge on any atom is 0.138 e. The topological polar surface area (TPSA) is 43.1 Å². The Morgan fingerprint density at radius 3 is 2.23 bits per heavy atom. The summed E-state index contributed by atoms with van der Waals surface area (Å²) in [4.78, 5) is 10.0. The molecule has 0 aromatic heterocycles. The highest BCUT2D eigenvalue weighted by molar-refractivity contribution is 9.09. The van der Waals surface area contributed by atoms with Gasteiger partial charge in [-0.25, -0.2) is 0 Å². The van der Waals surface area contributed by atoms with Crippen LogP contribution < -0.4 is 5.73 Å². The molecule has 0 aliphatic carbocycles. The molecule has 1 rings (SSSR count). The van der Waals surface area contributed by atoms with Gasteiger partial charge in [-0.05, 0) is 17.7 Å². The van der Waals surface area contributed by atoms with Crippen LogP contribution in [0.3, 0.4) is 0 Å². The van der Waals surface area contributed by atoms with Crippen LogP contribution in [0.2, 0.25) is 10.0 Å². The molecule has 2 N–H and O–H groups in total. The number of carbonyl (C=O) groups excluding carboxylic acids is 1. The van der Waals surface area contributed by atoms with Crippen LogP contribution in [0.15, 0.2) is 12.1 Å². The minimum Gasteiger partial charge on any atom is -0.396 e. The van der Waals surface area contributed by atoms with Crippen LogP contribution in [-0.4, -0.2) is 6.29 Å². The summed E-state index contributed by atoms with van der Waals surface area (Å²) in [5.74, 6) is 0. The monoisotopic (exact) mass is 281 g/mol. The van der Waals surface area contributed by atoms with Crippen molar-refractivity contribution >= 4 is 51.1 Å². The lowest BCUT2D eigenvalue weighted by Crippen LogP contribution is -1.94. The zero-order chi connectivity index (χ0) is 10.0. The van der Waals surface area contributed by atoms with Crippen LogP contribution >= 0.6 is 39.1 Å². The van der Waals surface area contributed by atoms with Gasteiger partial charge >= 0.3 is 0 Å². The van der Waals surface area contributed by atoms with E-state index in [9.17, 15) is 4.79 Å². The Balaban J connectivity index is 3.20. The smallest absolute Gasteiger partial charge is 0.138 e. The number of nitrogens with two attached hydrogens (primary N) is 1. The van der Waals surface area contributed by atoms with Crippen LogP contribution in [0, 0.1) is 0 Å². The molecule has 1 aromatic carbocycles. The molecule has 1 aromatic rings. The van der Waals surface area contributed by atoms with E-state index in [1.807, 2.05) is 0 Å². The van der Waals surface area contributed by atoms with Crippen molar-refractivity contribution in [3.8, 4) is 0 Å². The standard InChI is InChI=1S/C8H6BrCl2NO/c9-5(3-13)4-1-6(10)8(12)7(11)2-4/h1-3,5H,12H2. The van der Waals surface area contributed by atoms with E-state index in [0.29, 0.717) is 21.3 Å². The van der Waals surface area contributed by atoms with Gasteiger partial charge in [0.1, 0.15) is 6.29 Å². The molecule has 0 aliphatic heterocycles. The molecule has 1 unspecified atom stereocenters. The molecule has 0 saturated carbocycles. The maximum absolute atomic E-state index is 10.4. The predicted octanol–water partition coefficient (Wildman–Crippen LogP) is 3.21. The van der Waals surface area contributed by atoms with E-state index in [1.165, 1.54) is 0 Å². The molecule has 70 valence electrons. The summed E-state index contributed by atoms with van der Waals surface area (Å²) >= 11 is 14.7. The quantitative estimate of drug-likeness (QED) is 0.514. The Morgan fingerprint density at radius 1 is 1.38 bits per heavy atom. The molecule has 13 heavy (non-hydrogen) atoms. The summed E-state index contributed by atoms with van der Waals surface area (Å²) < 4.78 is 0. The fourth-order valence-electron chi connectivity index (χ4n) is 0.842. The highest BCUT2D eigenvalue weighted by Crippen LogP contribution is 2.32. The van der Waals surface area contributed by atoms with Crippen molar-refractivity contribution in [2.45, 2.75) is 4.83 Å². The van der Waals surface area contributed by atoms with E-state index in [-0.39, 0.29) is 0 Å². The van der Waals surface area contributed by atoms with Crippen molar-refractivity contribution in [2.24, 2.45) is 0 Å². The summed E-state index contributed by atoms with van der Waals surface area (Å²) in [5.41, 5.74) is 6.55. The molecule has 0 saturated heterocycles. The summed E-state index contributed by atoms with van der Waals surface area (Å²) in [6.07, 6.45) is 0.748. The van der Waals surface area contributed by atoms with Gasteiger partial charge in [0.15, 0.2) is 0 Å². The third-order valence-electron chi connectivity index (χ3n) is 1.54. The van der Waals surface area contributed by atoms with E-state index in [2.05, 4.69) is 15.9 Å². The summed E-state index contributed by atoms with van der Waals surface area (Å²) in [6, 6.07) is 3.22. The van der Waals surface area contributed by atoms with E-state index in [1.54, 1.807) is 12.1 Å². The Morgan fingerprint density at radius 2 is 1.85 bits per heavy atom. The summed E-state index contributed by atoms with van der Waals surface area (Å²) in [6.45, 7) is 0. The second-order valence-corrected chi connectivity index (χ2v) is 4.24. The molecule has 0 bridgehead atoms. The molecule has 5 heteroatoms. The number of benzene rings is 1. The van der Waals surface area contributed by atoms with Crippen molar-refractivity contribution in [1.82, 2.24) is 0 Å². The Labute approximate surface area is 94.1 Å². The largest absolute Gasteiger partial charge is 0.396 e. The molecular formula is C8H6BrCl2NO. The van der Waals surface area contributed by atoms with E-state index >= 15 is 0 Å². The predicted molar refractivity (Wildman–Crippen MR) is 58.6 cm³/mol. The number of anilines is 1. The molecular weight excluding hydrogens is 277 g/mol. The van der Waals surface area contributed by atoms with Gasteiger partial charge in [-0.3, -0.25) is 0 Å². The first-order valence-electron chi connectivity index (χ1n) is 3.40. The van der Waals surface area contributed by atoms with Crippen LogP contribution in [0.1, 0.15) is 10.4 Å². The minimum atomic E-state index is -0.400. The van der Waals surface area contributed by atoms with Gasteiger partial charge in [0.2, 0.25) is 0 Å². The Hall–Kier alpha value is -0.250. The number of hydrogen-bond donors (Lipinski definition) is 1. The first kappa shape index (κ1) is 10.8. The van der Waals surface area contributed by atoms with Crippen LogP contribution in [0.4, 0.5) is 5.69 Å². The number of nitrogen functional groups attached to an aromatic ring is 1. The molecule has 0 heterocycles. The van der Waals surface area contributed by atoms with E-state index < -0.39 is 4.83 Å². The number of hydrogen-bond acceptors (Lipinski definition) is 2. The number of rotatable bonds is 2. The second kappa shape index (κ2) is 4.31. The SMILES string of the molecule is Nc1c(Cl)cc(C(Br)C=O)cc1Cl. The van der Waals surface area contributed by atoms with E-state index in [4.69, 9.17) is 28.9 Å². The van der Waals surface area contributed by atoms with Crippen LogP contribution in [-0.2, 0) is 4.79 Å². The van der Waals surface area contributed by atoms with Gasteiger partial charge in [0.05, 0.1) is 20.6 Å². The van der Waals surface area contributed by atoms with Crippen molar-refractivity contribution < 1.29 is 4.79 Å². The van der Waals surface area contributed by atoms with Gasteiger partial charge in [0.25, 0.3) is 0 Å². The number of halogens is 3. The normalized spacial score (nSPS) is 12.5. The van der Waals surface area contributed by atoms with E-state index in [0.717, 1.165) is 6.29 Å². The first-order chi connectivity index (χ1) is 6.06. The average Bonchev–Trinajstić information content (AvgIpc) is 2.12. The Kier molecular flexibility index (Phi) is 3.59. The number of alkyl halides is 1. The number of aldehydes is 1. The highest BCUT2D eigenvalue weighted by atomic mass is 79.9. The number of carbonyl (C=O) groups is 1. The molecule has 0 radical (unpaired) electrons. The van der Waals surface area contributed by atoms with Gasteiger partial charge < -0.3 is 10.5 Å². The lowest BCUT2D eigenvalue weighted by molar-refractivity contribution is -0.107. The second-order valence-electron chi connectivity index (χ2n) is 2.44. The molecule has 2 nitrogen and oxygen atoms in total. The molecule has 0 aliphatic rings. The fraction of sp³-hybridized carbons (Fsp3) is 0.125. The van der Waals surface area contributed by atoms with Crippen LogP contribution in [0.5, 0.6) is 0 Å². The lowest BCUT2D eigenvalue weighted by atomic mass is 10.1. The third kappa shape index (κ3) is 2.36. The van der Waals surface area contributed by atoms with Crippen molar-refractivity contribution in [1.29, 1.82) is 0 Å². The maximum atomic E-state index is 10.4. The van der Waals surface area contributed by atoms with Crippen molar-refractivity contribution in [3.63, 3.8) is 0 Å². The lowest BCUT2D eigenvalue weighted by Gasteiger charge is -2.06. The highest BCUT2D eigenvalue weighted by Gasteiger charge is 2.10. The van der Waals surface area contributed by atoms with Gasteiger partial charge in [0, 0.05) is 0 Å². The Bertz CT molecular complexity index is 320. The zero-order valence-electron chi connectivity index (χ0n) is 6.43. The van der Waals surface area contributed by atoms with Gasteiger partial charge in [-0.2, -0.15) is 0 Å². The molecule has 0 spiro atoms. The summed E-state index contributed by atoms with van der Waals surface area (Å²) in [7, 11) is 0. The van der Waals surface area contributed by atoms with Gasteiger partial charge in [-0.1, -0.05) is 39.1 Å². The molecule has 0 fully saturated rings. The summed E-state index contributed by atoms with van der Waals surface area (Å²) in [5, 5.41) is 0.711. The van der Waals surface area contributed by atoms with Gasteiger partial charge in [-0.15, -0.1) is 0 Å². The fourth-order valence-corrected chi connectivity index (χ4v) is 1.61. The minimum absolute atomic E-state index is 0.331. The zero-order valence-corrected chi connectivity index (χ0v) is 9.53. The third-order valence-corrected chi connectivity index (χ3v) is 2.91. The van der Waals surface area contributed by atoms with Crippen molar-refractivity contribution in [3.05, 3.63) is 27.7 Å².